The third-order valence-corrected chi connectivity index (χ3v) is 2.76. The van der Waals surface area contributed by atoms with Gasteiger partial charge >= 0.3 is 0 Å². The van der Waals surface area contributed by atoms with Gasteiger partial charge in [-0.25, -0.2) is 0 Å². The molecule has 1 aromatic carbocycles. The van der Waals surface area contributed by atoms with Crippen molar-refractivity contribution in [2.45, 2.75) is 26.7 Å². The molecule has 0 aliphatic heterocycles. The van der Waals surface area contributed by atoms with Crippen LogP contribution >= 0.6 is 15.9 Å². The van der Waals surface area contributed by atoms with E-state index in [1.165, 1.54) is 5.56 Å². The third kappa shape index (κ3) is 3.67. The van der Waals surface area contributed by atoms with Crippen LogP contribution in [0, 0.1) is 5.41 Å². The Bertz CT molecular complexity index is 313. The SMILES string of the molecule is C=CCC(C)(C)Cc1cccc(Br)c1. The quantitative estimate of drug-likeness (QED) is 0.688. The fourth-order valence-electron chi connectivity index (χ4n) is 1.66. The molecule has 1 heteroatoms. The molecule has 0 atom stereocenters. The number of halogens is 1. The summed E-state index contributed by atoms with van der Waals surface area (Å²) < 4.78 is 1.16. The van der Waals surface area contributed by atoms with Crippen LogP contribution in [0.2, 0.25) is 0 Å². The average Bonchev–Trinajstić information content (AvgIpc) is 2.02. The molecule has 1 aromatic rings. The lowest BCUT2D eigenvalue weighted by molar-refractivity contribution is 0.369. The van der Waals surface area contributed by atoms with Gasteiger partial charge < -0.3 is 0 Å². The van der Waals surface area contributed by atoms with Crippen molar-refractivity contribution in [2.75, 3.05) is 0 Å². The van der Waals surface area contributed by atoms with E-state index in [1.807, 2.05) is 6.08 Å². The zero-order valence-corrected chi connectivity index (χ0v) is 10.5. The van der Waals surface area contributed by atoms with Crippen LogP contribution in [-0.4, -0.2) is 0 Å². The van der Waals surface area contributed by atoms with Crippen LogP contribution in [-0.2, 0) is 6.42 Å². The summed E-state index contributed by atoms with van der Waals surface area (Å²) in [4.78, 5) is 0. The summed E-state index contributed by atoms with van der Waals surface area (Å²) in [6, 6.07) is 8.51. The Kier molecular flexibility index (Phi) is 3.94. The molecular formula is C13H17Br. The van der Waals surface area contributed by atoms with E-state index in [0.717, 1.165) is 17.3 Å². The third-order valence-electron chi connectivity index (χ3n) is 2.27. The van der Waals surface area contributed by atoms with Gasteiger partial charge in [-0.2, -0.15) is 0 Å². The first-order chi connectivity index (χ1) is 6.53. The lowest BCUT2D eigenvalue weighted by atomic mass is 9.83. The molecule has 0 aliphatic rings. The Hall–Kier alpha value is -0.560. The van der Waals surface area contributed by atoms with E-state index in [4.69, 9.17) is 0 Å². The van der Waals surface area contributed by atoms with E-state index in [0.29, 0.717) is 5.41 Å². The van der Waals surface area contributed by atoms with Crippen LogP contribution < -0.4 is 0 Å². The monoisotopic (exact) mass is 252 g/mol. The Morgan fingerprint density at radius 2 is 2.14 bits per heavy atom. The summed E-state index contributed by atoms with van der Waals surface area (Å²) in [6.07, 6.45) is 4.15. The van der Waals surface area contributed by atoms with Gasteiger partial charge in [0.2, 0.25) is 0 Å². The second-order valence-electron chi connectivity index (χ2n) is 4.46. The normalized spacial score (nSPS) is 11.4. The van der Waals surface area contributed by atoms with Crippen molar-refractivity contribution in [1.82, 2.24) is 0 Å². The maximum Gasteiger partial charge on any atom is 0.0177 e. The zero-order chi connectivity index (χ0) is 10.6. The van der Waals surface area contributed by atoms with Crippen LogP contribution in [0.25, 0.3) is 0 Å². The molecule has 0 spiro atoms. The van der Waals surface area contributed by atoms with Gasteiger partial charge in [0.1, 0.15) is 0 Å². The minimum absolute atomic E-state index is 0.308. The van der Waals surface area contributed by atoms with Crippen LogP contribution in [0.15, 0.2) is 41.4 Å². The highest BCUT2D eigenvalue weighted by Gasteiger charge is 2.16. The smallest absolute Gasteiger partial charge is 0.0177 e. The first-order valence-corrected chi connectivity index (χ1v) is 5.68. The van der Waals surface area contributed by atoms with Crippen molar-refractivity contribution in [1.29, 1.82) is 0 Å². The summed E-state index contributed by atoms with van der Waals surface area (Å²) in [7, 11) is 0. The Morgan fingerprint density at radius 3 is 2.71 bits per heavy atom. The van der Waals surface area contributed by atoms with Crippen molar-refractivity contribution in [2.24, 2.45) is 5.41 Å². The number of allylic oxidation sites excluding steroid dienone is 1. The molecule has 0 saturated carbocycles. The summed E-state index contributed by atoms with van der Waals surface area (Å²) in [5, 5.41) is 0. The maximum atomic E-state index is 3.80. The summed E-state index contributed by atoms with van der Waals surface area (Å²) >= 11 is 3.49. The molecule has 1 rings (SSSR count). The number of rotatable bonds is 4. The van der Waals surface area contributed by atoms with E-state index < -0.39 is 0 Å². The summed E-state index contributed by atoms with van der Waals surface area (Å²) in [5.74, 6) is 0. The Morgan fingerprint density at radius 1 is 1.43 bits per heavy atom. The van der Waals surface area contributed by atoms with Crippen molar-refractivity contribution < 1.29 is 0 Å². The van der Waals surface area contributed by atoms with Crippen LogP contribution in [0.5, 0.6) is 0 Å². The number of hydrogen-bond donors (Lipinski definition) is 0. The molecule has 14 heavy (non-hydrogen) atoms. The van der Waals surface area contributed by atoms with Gasteiger partial charge in [0.15, 0.2) is 0 Å². The van der Waals surface area contributed by atoms with Crippen molar-refractivity contribution in [3.8, 4) is 0 Å². The summed E-state index contributed by atoms with van der Waals surface area (Å²) in [6.45, 7) is 8.34. The molecule has 0 fully saturated rings. The average molecular weight is 253 g/mol. The van der Waals surface area contributed by atoms with Crippen molar-refractivity contribution in [3.63, 3.8) is 0 Å². The first-order valence-electron chi connectivity index (χ1n) is 4.89. The molecule has 0 heterocycles. The first kappa shape index (κ1) is 11.5. The van der Waals surface area contributed by atoms with Crippen LogP contribution in [0.4, 0.5) is 0 Å². The van der Waals surface area contributed by atoms with Gasteiger partial charge in [-0.1, -0.05) is 48.0 Å². The minimum atomic E-state index is 0.308. The second kappa shape index (κ2) is 4.79. The van der Waals surface area contributed by atoms with E-state index in [-0.39, 0.29) is 0 Å². The second-order valence-corrected chi connectivity index (χ2v) is 5.38. The minimum Gasteiger partial charge on any atom is -0.103 e. The van der Waals surface area contributed by atoms with E-state index in [9.17, 15) is 0 Å². The molecule has 0 nitrogen and oxygen atoms in total. The molecule has 0 bridgehead atoms. The van der Waals surface area contributed by atoms with Gasteiger partial charge in [0.25, 0.3) is 0 Å². The Balaban J connectivity index is 2.72. The predicted molar refractivity (Wildman–Crippen MR) is 66.4 cm³/mol. The molecule has 0 radical (unpaired) electrons. The molecule has 0 N–H and O–H groups in total. The van der Waals surface area contributed by atoms with Gasteiger partial charge in [0.05, 0.1) is 0 Å². The number of hydrogen-bond acceptors (Lipinski definition) is 0. The van der Waals surface area contributed by atoms with Crippen LogP contribution in [0.1, 0.15) is 25.8 Å². The largest absolute Gasteiger partial charge is 0.103 e. The molecule has 0 amide bonds. The lowest BCUT2D eigenvalue weighted by Crippen LogP contribution is -2.13. The van der Waals surface area contributed by atoms with E-state index in [2.05, 4.69) is 60.6 Å². The fraction of sp³-hybridized carbons (Fsp3) is 0.385. The van der Waals surface area contributed by atoms with Gasteiger partial charge in [-0.3, -0.25) is 0 Å². The van der Waals surface area contributed by atoms with Crippen LogP contribution in [0.3, 0.4) is 0 Å². The highest BCUT2D eigenvalue weighted by molar-refractivity contribution is 9.10. The highest BCUT2D eigenvalue weighted by Crippen LogP contribution is 2.27. The van der Waals surface area contributed by atoms with Crippen molar-refractivity contribution in [3.05, 3.63) is 47.0 Å². The molecule has 0 aromatic heterocycles. The van der Waals surface area contributed by atoms with Crippen molar-refractivity contribution >= 4 is 15.9 Å². The molecule has 0 saturated heterocycles. The molecule has 0 aliphatic carbocycles. The lowest BCUT2D eigenvalue weighted by Gasteiger charge is -2.22. The molecule has 76 valence electrons. The fourth-order valence-corrected chi connectivity index (χ4v) is 2.11. The van der Waals surface area contributed by atoms with E-state index >= 15 is 0 Å². The molecular weight excluding hydrogens is 236 g/mol. The number of benzene rings is 1. The maximum absolute atomic E-state index is 3.80. The predicted octanol–water partition coefficient (Wildman–Crippen LogP) is 4.59. The van der Waals surface area contributed by atoms with Gasteiger partial charge in [0, 0.05) is 4.47 Å². The standard InChI is InChI=1S/C13H17Br/c1-4-8-13(2,3)10-11-6-5-7-12(14)9-11/h4-7,9H,1,8,10H2,2-3H3. The highest BCUT2D eigenvalue weighted by atomic mass is 79.9. The van der Waals surface area contributed by atoms with Gasteiger partial charge in [-0.15, -0.1) is 6.58 Å². The Labute approximate surface area is 95.2 Å². The van der Waals surface area contributed by atoms with E-state index in [1.54, 1.807) is 0 Å². The summed E-state index contributed by atoms with van der Waals surface area (Å²) in [5.41, 5.74) is 1.69. The molecule has 0 unspecified atom stereocenters. The zero-order valence-electron chi connectivity index (χ0n) is 8.89. The topological polar surface area (TPSA) is 0 Å². The van der Waals surface area contributed by atoms with Gasteiger partial charge in [-0.05, 0) is 36.0 Å².